The van der Waals surface area contributed by atoms with Crippen LogP contribution in [0, 0.1) is 5.82 Å². The minimum Gasteiger partial charge on any atom is -0.389 e. The summed E-state index contributed by atoms with van der Waals surface area (Å²) in [5, 5.41) is 0. The summed E-state index contributed by atoms with van der Waals surface area (Å²) in [4.78, 5) is 2.76. The topological polar surface area (TPSA) is 29.3 Å². The first-order valence-electron chi connectivity index (χ1n) is 6.83. The van der Waals surface area contributed by atoms with Crippen molar-refractivity contribution >= 4 is 17.2 Å². The number of nitrogens with two attached hydrogens (primary N) is 1. The molecule has 1 fully saturated rings. The van der Waals surface area contributed by atoms with Gasteiger partial charge in [0.25, 0.3) is 0 Å². The number of piperidine rings is 1. The van der Waals surface area contributed by atoms with Crippen LogP contribution in [0.1, 0.15) is 44.2 Å². The van der Waals surface area contributed by atoms with Crippen molar-refractivity contribution in [2.24, 2.45) is 5.73 Å². The summed E-state index contributed by atoms with van der Waals surface area (Å²) in [5.74, 6) is -0.229. The Morgan fingerprint density at radius 3 is 2.58 bits per heavy atom. The van der Waals surface area contributed by atoms with E-state index in [9.17, 15) is 4.39 Å². The predicted octanol–water partition coefficient (Wildman–Crippen LogP) is 3.22. The fourth-order valence-electron chi connectivity index (χ4n) is 2.92. The van der Waals surface area contributed by atoms with Crippen LogP contribution in [0.5, 0.6) is 0 Å². The second-order valence-electron chi connectivity index (χ2n) is 5.47. The second kappa shape index (κ2) is 5.97. The average Bonchev–Trinajstić information content (AvgIpc) is 2.33. The molecule has 4 heteroatoms. The zero-order valence-corrected chi connectivity index (χ0v) is 12.3. The standard InChI is InChI=1S/C15H21FN2S/c1-10-4-3-5-11(2)18(10)9-12-8-13(16)6-7-14(12)15(17)19/h6-8,10-11H,3-5,9H2,1-2H3,(H2,17,19). The van der Waals surface area contributed by atoms with Crippen LogP contribution in [0.4, 0.5) is 4.39 Å². The molecule has 2 N–H and O–H groups in total. The zero-order chi connectivity index (χ0) is 14.0. The first-order valence-corrected chi connectivity index (χ1v) is 7.24. The summed E-state index contributed by atoms with van der Waals surface area (Å²) in [6.45, 7) is 5.18. The SMILES string of the molecule is CC1CCCC(C)N1Cc1cc(F)ccc1C(N)=S. The van der Waals surface area contributed by atoms with Crippen LogP contribution in [0.2, 0.25) is 0 Å². The predicted molar refractivity (Wildman–Crippen MR) is 80.6 cm³/mol. The molecular weight excluding hydrogens is 259 g/mol. The Labute approximate surface area is 119 Å². The highest BCUT2D eigenvalue weighted by Crippen LogP contribution is 2.25. The first kappa shape index (κ1) is 14.4. The lowest BCUT2D eigenvalue weighted by molar-refractivity contribution is 0.0951. The van der Waals surface area contributed by atoms with Crippen molar-refractivity contribution in [2.45, 2.75) is 51.7 Å². The van der Waals surface area contributed by atoms with Gasteiger partial charge in [-0.2, -0.15) is 0 Å². The number of nitrogens with zero attached hydrogens (tertiary/aromatic N) is 1. The number of hydrogen-bond acceptors (Lipinski definition) is 2. The molecule has 104 valence electrons. The highest BCUT2D eigenvalue weighted by Gasteiger charge is 2.25. The van der Waals surface area contributed by atoms with Gasteiger partial charge in [-0.25, -0.2) is 4.39 Å². The van der Waals surface area contributed by atoms with E-state index in [4.69, 9.17) is 18.0 Å². The van der Waals surface area contributed by atoms with Crippen LogP contribution in [-0.4, -0.2) is 22.0 Å². The molecule has 1 aliphatic heterocycles. The molecule has 0 amide bonds. The van der Waals surface area contributed by atoms with E-state index < -0.39 is 0 Å². The molecule has 0 saturated carbocycles. The number of benzene rings is 1. The van der Waals surface area contributed by atoms with Gasteiger partial charge in [0.2, 0.25) is 0 Å². The Kier molecular flexibility index (Phi) is 4.53. The maximum Gasteiger partial charge on any atom is 0.123 e. The third-order valence-electron chi connectivity index (χ3n) is 4.06. The van der Waals surface area contributed by atoms with Crippen molar-refractivity contribution in [1.82, 2.24) is 4.90 Å². The third-order valence-corrected chi connectivity index (χ3v) is 4.28. The number of halogens is 1. The number of likely N-dealkylation sites (tertiary alicyclic amines) is 1. The lowest BCUT2D eigenvalue weighted by Gasteiger charge is -2.39. The summed E-state index contributed by atoms with van der Waals surface area (Å²) in [5.41, 5.74) is 7.42. The smallest absolute Gasteiger partial charge is 0.123 e. The van der Waals surface area contributed by atoms with Gasteiger partial charge in [-0.3, -0.25) is 4.90 Å². The first-order chi connectivity index (χ1) is 8.99. The molecule has 0 aliphatic carbocycles. The van der Waals surface area contributed by atoms with E-state index in [0.717, 1.165) is 11.1 Å². The fraction of sp³-hybridized carbons (Fsp3) is 0.533. The zero-order valence-electron chi connectivity index (χ0n) is 11.5. The molecular formula is C15H21FN2S. The van der Waals surface area contributed by atoms with Crippen LogP contribution in [0.15, 0.2) is 18.2 Å². The maximum atomic E-state index is 13.5. The van der Waals surface area contributed by atoms with Gasteiger partial charge in [-0.15, -0.1) is 0 Å². The molecule has 19 heavy (non-hydrogen) atoms. The molecule has 0 bridgehead atoms. The monoisotopic (exact) mass is 280 g/mol. The molecule has 1 aromatic carbocycles. The van der Waals surface area contributed by atoms with Crippen LogP contribution in [0.3, 0.4) is 0 Å². The summed E-state index contributed by atoms with van der Waals surface area (Å²) in [6.07, 6.45) is 3.66. The normalized spacial score (nSPS) is 24.4. The minimum absolute atomic E-state index is 0.229. The van der Waals surface area contributed by atoms with Crippen LogP contribution in [0.25, 0.3) is 0 Å². The van der Waals surface area contributed by atoms with E-state index in [1.165, 1.54) is 25.3 Å². The van der Waals surface area contributed by atoms with Crippen molar-refractivity contribution in [2.75, 3.05) is 0 Å². The number of thiocarbonyl (C=S) groups is 1. The summed E-state index contributed by atoms with van der Waals surface area (Å²) >= 11 is 5.06. The van der Waals surface area contributed by atoms with Gasteiger partial charge in [0.15, 0.2) is 0 Å². The van der Waals surface area contributed by atoms with Crippen LogP contribution >= 0.6 is 12.2 Å². The second-order valence-corrected chi connectivity index (χ2v) is 5.91. The van der Waals surface area contributed by atoms with Crippen LogP contribution in [-0.2, 0) is 6.54 Å². The van der Waals surface area contributed by atoms with Crippen molar-refractivity contribution in [3.05, 3.63) is 35.1 Å². The Morgan fingerprint density at radius 1 is 1.37 bits per heavy atom. The third kappa shape index (κ3) is 3.31. The molecule has 1 saturated heterocycles. The van der Waals surface area contributed by atoms with E-state index in [-0.39, 0.29) is 5.82 Å². The van der Waals surface area contributed by atoms with Gasteiger partial charge < -0.3 is 5.73 Å². The van der Waals surface area contributed by atoms with Crippen molar-refractivity contribution in [3.8, 4) is 0 Å². The molecule has 2 rings (SSSR count). The Balaban J connectivity index is 2.26. The molecule has 1 aliphatic rings. The Morgan fingerprint density at radius 2 is 2.00 bits per heavy atom. The van der Waals surface area contributed by atoms with Gasteiger partial charge in [0.05, 0.1) is 0 Å². The van der Waals surface area contributed by atoms with Crippen molar-refractivity contribution in [1.29, 1.82) is 0 Å². The summed E-state index contributed by atoms with van der Waals surface area (Å²) in [7, 11) is 0. The van der Waals surface area contributed by atoms with Gasteiger partial charge in [0, 0.05) is 24.2 Å². The largest absolute Gasteiger partial charge is 0.389 e. The highest BCUT2D eigenvalue weighted by molar-refractivity contribution is 7.80. The molecule has 2 unspecified atom stereocenters. The minimum atomic E-state index is -0.229. The molecule has 1 heterocycles. The van der Waals surface area contributed by atoms with E-state index in [1.54, 1.807) is 12.1 Å². The molecule has 0 radical (unpaired) electrons. The molecule has 0 spiro atoms. The van der Waals surface area contributed by atoms with Crippen LogP contribution < -0.4 is 5.73 Å². The van der Waals surface area contributed by atoms with Gasteiger partial charge in [-0.1, -0.05) is 18.6 Å². The van der Waals surface area contributed by atoms with E-state index in [1.807, 2.05) is 0 Å². The lowest BCUT2D eigenvalue weighted by atomic mass is 9.96. The highest BCUT2D eigenvalue weighted by atomic mass is 32.1. The molecule has 2 atom stereocenters. The van der Waals surface area contributed by atoms with Gasteiger partial charge in [0.1, 0.15) is 10.8 Å². The summed E-state index contributed by atoms with van der Waals surface area (Å²) < 4.78 is 13.5. The molecule has 0 aromatic heterocycles. The molecule has 2 nitrogen and oxygen atoms in total. The van der Waals surface area contributed by atoms with Gasteiger partial charge in [-0.05, 0) is 50.5 Å². The van der Waals surface area contributed by atoms with Gasteiger partial charge >= 0.3 is 0 Å². The van der Waals surface area contributed by atoms with E-state index >= 15 is 0 Å². The van der Waals surface area contributed by atoms with Crippen molar-refractivity contribution in [3.63, 3.8) is 0 Å². The Hall–Kier alpha value is -1.00. The average molecular weight is 280 g/mol. The fourth-order valence-corrected chi connectivity index (χ4v) is 3.12. The summed E-state index contributed by atoms with van der Waals surface area (Å²) in [6, 6.07) is 5.70. The maximum absolute atomic E-state index is 13.5. The van der Waals surface area contributed by atoms with E-state index in [2.05, 4.69) is 18.7 Å². The quantitative estimate of drug-likeness (QED) is 0.862. The Bertz CT molecular complexity index is 465. The number of rotatable bonds is 3. The van der Waals surface area contributed by atoms with Crippen molar-refractivity contribution < 1.29 is 4.39 Å². The lowest BCUT2D eigenvalue weighted by Crippen LogP contribution is -2.43. The molecule has 1 aromatic rings. The van der Waals surface area contributed by atoms with E-state index in [0.29, 0.717) is 23.6 Å². The number of hydrogen-bond donors (Lipinski definition) is 1.